The molecule has 0 amide bonds. The van der Waals surface area contributed by atoms with E-state index in [1.54, 1.807) is 0 Å². The lowest BCUT2D eigenvalue weighted by Gasteiger charge is -2.40. The van der Waals surface area contributed by atoms with Crippen molar-refractivity contribution in [3.8, 4) is 0 Å². The number of hydrogen-bond donors (Lipinski definition) is 0. The Morgan fingerprint density at radius 3 is 2.84 bits per heavy atom. The van der Waals surface area contributed by atoms with Crippen molar-refractivity contribution in [2.75, 3.05) is 6.54 Å². The molecule has 1 saturated carbocycles. The summed E-state index contributed by atoms with van der Waals surface area (Å²) in [7, 11) is 0. The Balaban J connectivity index is 1.82. The summed E-state index contributed by atoms with van der Waals surface area (Å²) in [4.78, 5) is 5.58. The standard InChI is InChI=1S/C15H20N4/c1-11(12-5-3-2-4-6-12)19-10-15(17-18-16)13-7-8-14(19)9-13/h2-6,11,13-15H,7-10H2,1H3/t11-,13+,14-,15+/m0/s1. The Kier molecular flexibility index (Phi) is 3.45. The molecule has 4 heteroatoms. The van der Waals surface area contributed by atoms with Gasteiger partial charge in [-0.15, -0.1) is 0 Å². The van der Waals surface area contributed by atoms with Crippen LogP contribution in [0.25, 0.3) is 10.4 Å². The Labute approximate surface area is 114 Å². The Morgan fingerprint density at radius 1 is 1.32 bits per heavy atom. The van der Waals surface area contributed by atoms with Gasteiger partial charge in [0.25, 0.3) is 0 Å². The molecule has 3 rings (SSSR count). The molecule has 4 atom stereocenters. The minimum Gasteiger partial charge on any atom is -0.293 e. The van der Waals surface area contributed by atoms with Gasteiger partial charge in [0.2, 0.25) is 0 Å². The summed E-state index contributed by atoms with van der Waals surface area (Å²) in [6.07, 6.45) is 3.66. The number of rotatable bonds is 3. The maximum absolute atomic E-state index is 8.73. The van der Waals surface area contributed by atoms with E-state index in [9.17, 15) is 0 Å². The first kappa shape index (κ1) is 12.5. The van der Waals surface area contributed by atoms with Gasteiger partial charge in [0, 0.05) is 23.5 Å². The predicted octanol–water partition coefficient (Wildman–Crippen LogP) is 3.91. The molecule has 1 heterocycles. The summed E-state index contributed by atoms with van der Waals surface area (Å²) in [6, 6.07) is 11.9. The van der Waals surface area contributed by atoms with Gasteiger partial charge in [0.05, 0.1) is 6.04 Å². The Morgan fingerprint density at radius 2 is 2.11 bits per heavy atom. The fraction of sp³-hybridized carbons (Fsp3) is 0.600. The van der Waals surface area contributed by atoms with Gasteiger partial charge >= 0.3 is 0 Å². The van der Waals surface area contributed by atoms with Gasteiger partial charge in [-0.3, -0.25) is 4.90 Å². The lowest BCUT2D eigenvalue weighted by molar-refractivity contribution is 0.0970. The third-order valence-corrected chi connectivity index (χ3v) is 4.84. The topological polar surface area (TPSA) is 52.0 Å². The molecule has 100 valence electrons. The fourth-order valence-corrected chi connectivity index (χ4v) is 3.75. The third kappa shape index (κ3) is 2.34. The van der Waals surface area contributed by atoms with Crippen LogP contribution in [0.3, 0.4) is 0 Å². The Bertz CT molecular complexity index is 480. The number of likely N-dealkylation sites (tertiary alicyclic amines) is 1. The zero-order valence-electron chi connectivity index (χ0n) is 11.3. The highest BCUT2D eigenvalue weighted by atomic mass is 15.3. The van der Waals surface area contributed by atoms with Crippen LogP contribution in [-0.4, -0.2) is 23.5 Å². The molecule has 19 heavy (non-hydrogen) atoms. The molecule has 0 unspecified atom stereocenters. The summed E-state index contributed by atoms with van der Waals surface area (Å²) >= 11 is 0. The smallest absolute Gasteiger partial charge is 0.0530 e. The van der Waals surface area contributed by atoms with Crippen LogP contribution in [0.1, 0.15) is 37.8 Å². The van der Waals surface area contributed by atoms with E-state index in [1.807, 2.05) is 0 Å². The average molecular weight is 256 g/mol. The van der Waals surface area contributed by atoms with E-state index < -0.39 is 0 Å². The molecule has 0 radical (unpaired) electrons. The van der Waals surface area contributed by atoms with Crippen LogP contribution in [0.2, 0.25) is 0 Å². The lowest BCUT2D eigenvalue weighted by atomic mass is 9.92. The van der Waals surface area contributed by atoms with Crippen LogP contribution in [0.4, 0.5) is 0 Å². The molecule has 1 aliphatic carbocycles. The molecule has 1 saturated heterocycles. The van der Waals surface area contributed by atoms with Crippen molar-refractivity contribution in [1.82, 2.24) is 4.90 Å². The summed E-state index contributed by atoms with van der Waals surface area (Å²) in [5, 5.41) is 4.03. The van der Waals surface area contributed by atoms with Gasteiger partial charge in [0.15, 0.2) is 0 Å². The number of hydrogen-bond acceptors (Lipinski definition) is 2. The van der Waals surface area contributed by atoms with Gasteiger partial charge in [-0.1, -0.05) is 35.4 Å². The van der Waals surface area contributed by atoms with E-state index in [0.717, 1.165) is 6.54 Å². The van der Waals surface area contributed by atoms with Gasteiger partial charge in [-0.05, 0) is 43.2 Å². The third-order valence-electron chi connectivity index (χ3n) is 4.84. The van der Waals surface area contributed by atoms with Crippen molar-refractivity contribution in [2.45, 2.75) is 44.3 Å². The maximum atomic E-state index is 8.73. The molecular weight excluding hydrogens is 236 g/mol. The van der Waals surface area contributed by atoms with Crippen LogP contribution in [0.5, 0.6) is 0 Å². The van der Waals surface area contributed by atoms with E-state index in [1.165, 1.54) is 24.8 Å². The first-order chi connectivity index (χ1) is 9.29. The quantitative estimate of drug-likeness (QED) is 0.459. The van der Waals surface area contributed by atoms with Crippen LogP contribution in [0, 0.1) is 5.92 Å². The molecule has 0 N–H and O–H groups in total. The normalized spacial score (nSPS) is 31.7. The zero-order chi connectivity index (χ0) is 13.2. The highest BCUT2D eigenvalue weighted by Gasteiger charge is 2.41. The van der Waals surface area contributed by atoms with Crippen molar-refractivity contribution in [3.05, 3.63) is 46.3 Å². The molecule has 2 bridgehead atoms. The van der Waals surface area contributed by atoms with Gasteiger partial charge < -0.3 is 0 Å². The second-order valence-electron chi connectivity index (χ2n) is 5.78. The van der Waals surface area contributed by atoms with Crippen molar-refractivity contribution in [3.63, 3.8) is 0 Å². The van der Waals surface area contributed by atoms with Crippen molar-refractivity contribution in [2.24, 2.45) is 11.0 Å². The molecule has 1 aromatic rings. The van der Waals surface area contributed by atoms with Crippen molar-refractivity contribution >= 4 is 0 Å². The van der Waals surface area contributed by atoms with Gasteiger partial charge in [0.1, 0.15) is 0 Å². The zero-order valence-corrected chi connectivity index (χ0v) is 11.3. The van der Waals surface area contributed by atoms with Gasteiger partial charge in [-0.2, -0.15) is 0 Å². The molecular formula is C15H20N4. The predicted molar refractivity (Wildman–Crippen MR) is 75.6 cm³/mol. The SMILES string of the molecule is C[C@@H](c1ccccc1)N1C[C@@H](N=[N+]=[N-])[C@@H]2CC[C@H]1C2. The van der Waals surface area contributed by atoms with Crippen LogP contribution in [-0.2, 0) is 0 Å². The first-order valence-electron chi connectivity index (χ1n) is 7.14. The summed E-state index contributed by atoms with van der Waals surface area (Å²) in [5.41, 5.74) is 10.1. The second-order valence-corrected chi connectivity index (χ2v) is 5.78. The molecule has 1 aromatic carbocycles. The van der Waals surface area contributed by atoms with Crippen molar-refractivity contribution < 1.29 is 0 Å². The second kappa shape index (κ2) is 5.24. The summed E-state index contributed by atoms with van der Waals surface area (Å²) in [6.45, 7) is 3.18. The highest BCUT2D eigenvalue weighted by Crippen LogP contribution is 2.41. The number of piperidine rings is 1. The molecule has 2 aliphatic rings. The number of fused-ring (bicyclic) bond motifs is 2. The minimum absolute atomic E-state index is 0.162. The van der Waals surface area contributed by atoms with E-state index >= 15 is 0 Å². The van der Waals surface area contributed by atoms with Crippen molar-refractivity contribution in [1.29, 1.82) is 0 Å². The minimum atomic E-state index is 0.162. The molecule has 0 aromatic heterocycles. The van der Waals surface area contributed by atoms with E-state index in [2.05, 4.69) is 52.2 Å². The summed E-state index contributed by atoms with van der Waals surface area (Å²) in [5.74, 6) is 0.611. The first-order valence-corrected chi connectivity index (χ1v) is 7.14. The maximum Gasteiger partial charge on any atom is 0.0530 e. The summed E-state index contributed by atoms with van der Waals surface area (Å²) < 4.78 is 0. The van der Waals surface area contributed by atoms with E-state index in [-0.39, 0.29) is 6.04 Å². The monoisotopic (exact) mass is 256 g/mol. The number of azide groups is 1. The lowest BCUT2D eigenvalue weighted by Crippen LogP contribution is -2.45. The van der Waals surface area contributed by atoms with Crippen LogP contribution in [0.15, 0.2) is 35.4 Å². The van der Waals surface area contributed by atoms with Crippen LogP contribution < -0.4 is 0 Å². The average Bonchev–Trinajstić information content (AvgIpc) is 2.87. The fourth-order valence-electron chi connectivity index (χ4n) is 3.75. The molecule has 0 spiro atoms. The molecule has 1 aliphatic heterocycles. The number of nitrogens with zero attached hydrogens (tertiary/aromatic N) is 4. The largest absolute Gasteiger partial charge is 0.293 e. The Hall–Kier alpha value is -1.51. The molecule has 4 nitrogen and oxygen atoms in total. The molecule has 2 fully saturated rings. The van der Waals surface area contributed by atoms with Crippen LogP contribution >= 0.6 is 0 Å². The van der Waals surface area contributed by atoms with Gasteiger partial charge in [-0.25, -0.2) is 0 Å². The van der Waals surface area contributed by atoms with E-state index in [0.29, 0.717) is 18.0 Å². The number of benzene rings is 1. The highest BCUT2D eigenvalue weighted by molar-refractivity contribution is 5.19. The van der Waals surface area contributed by atoms with E-state index in [4.69, 9.17) is 5.53 Å².